The Kier molecular flexibility index (Phi) is 7.14. The molecule has 1 aromatic heterocycles. The molecular weight excluding hydrogens is 352 g/mol. The first-order valence-electron chi connectivity index (χ1n) is 9.05. The first-order chi connectivity index (χ1) is 12.1. The van der Waals surface area contributed by atoms with Gasteiger partial charge in [-0.3, -0.25) is 0 Å². The lowest BCUT2D eigenvalue weighted by Crippen LogP contribution is -2.12. The van der Waals surface area contributed by atoms with Crippen LogP contribution in [0.5, 0.6) is 11.5 Å². The Morgan fingerprint density at radius 3 is 2.31 bits per heavy atom. The average Bonchev–Trinajstić information content (AvgIpc) is 3.00. The van der Waals surface area contributed by atoms with Crippen molar-refractivity contribution >= 4 is 18.4 Å². The number of aryl methyl sites for hydroxylation is 2. The van der Waals surface area contributed by atoms with E-state index < -0.39 is 0 Å². The third-order valence-corrected chi connectivity index (χ3v) is 5.04. The molecule has 1 aliphatic rings. The highest BCUT2D eigenvalue weighted by Gasteiger charge is 2.21. The minimum atomic E-state index is 0. The van der Waals surface area contributed by atoms with Gasteiger partial charge in [0.2, 0.25) is 5.95 Å². The molecule has 0 aliphatic heterocycles. The fourth-order valence-electron chi connectivity index (χ4n) is 3.74. The van der Waals surface area contributed by atoms with E-state index in [0.717, 1.165) is 41.5 Å². The summed E-state index contributed by atoms with van der Waals surface area (Å²) < 4.78 is 13.1. The Balaban J connectivity index is 0.00000243. The van der Waals surface area contributed by atoms with Crippen LogP contribution >= 0.6 is 12.4 Å². The van der Waals surface area contributed by atoms with Gasteiger partial charge in [0.15, 0.2) is 5.82 Å². The molecule has 1 saturated carbocycles. The summed E-state index contributed by atoms with van der Waals surface area (Å²) in [6, 6.07) is 3.96. The minimum absolute atomic E-state index is 0. The Morgan fingerprint density at radius 1 is 1.12 bits per heavy atom. The van der Waals surface area contributed by atoms with Crippen LogP contribution in [0.4, 0.5) is 5.95 Å². The van der Waals surface area contributed by atoms with Crippen LogP contribution in [0.15, 0.2) is 12.1 Å². The summed E-state index contributed by atoms with van der Waals surface area (Å²) in [5.41, 5.74) is 7.79. The van der Waals surface area contributed by atoms with Gasteiger partial charge in [-0.25, -0.2) is 4.68 Å². The number of aromatic nitrogens is 3. The van der Waals surface area contributed by atoms with E-state index in [2.05, 4.69) is 10.1 Å². The number of rotatable bonds is 6. The van der Waals surface area contributed by atoms with E-state index in [1.54, 1.807) is 14.2 Å². The van der Waals surface area contributed by atoms with Crippen LogP contribution in [0.2, 0.25) is 0 Å². The lowest BCUT2D eigenvalue weighted by atomic mass is 9.87. The summed E-state index contributed by atoms with van der Waals surface area (Å²) in [5, 5.41) is 4.42. The predicted molar refractivity (Wildman–Crippen MR) is 106 cm³/mol. The second-order valence-corrected chi connectivity index (χ2v) is 6.85. The fourth-order valence-corrected chi connectivity index (χ4v) is 3.74. The van der Waals surface area contributed by atoms with Gasteiger partial charge in [0.25, 0.3) is 0 Å². The van der Waals surface area contributed by atoms with Crippen LogP contribution in [-0.4, -0.2) is 29.0 Å². The highest BCUT2D eigenvalue weighted by molar-refractivity contribution is 5.85. The zero-order valence-electron chi connectivity index (χ0n) is 15.8. The number of hydrogen-bond acceptors (Lipinski definition) is 5. The van der Waals surface area contributed by atoms with Gasteiger partial charge < -0.3 is 15.2 Å². The van der Waals surface area contributed by atoms with Crippen LogP contribution in [0, 0.1) is 12.8 Å². The van der Waals surface area contributed by atoms with Crippen LogP contribution in [0.3, 0.4) is 0 Å². The number of methoxy groups -OCH3 is 2. The summed E-state index contributed by atoms with van der Waals surface area (Å²) in [6.45, 7) is 2.82. The van der Waals surface area contributed by atoms with Gasteiger partial charge >= 0.3 is 0 Å². The molecule has 0 amide bonds. The van der Waals surface area contributed by atoms with Crippen molar-refractivity contribution in [1.82, 2.24) is 14.8 Å². The molecule has 0 atom stereocenters. The Bertz CT molecular complexity index is 701. The zero-order valence-corrected chi connectivity index (χ0v) is 16.6. The number of nitrogens with two attached hydrogens (primary N) is 1. The van der Waals surface area contributed by atoms with Crippen molar-refractivity contribution in [3.8, 4) is 22.9 Å². The SMILES string of the molecule is COc1cc(C)cc(OC)c1-c1nc(N)nn1CCC1CCCCC1.Cl. The summed E-state index contributed by atoms with van der Waals surface area (Å²) in [7, 11) is 3.31. The molecular formula is C19H29ClN4O2. The van der Waals surface area contributed by atoms with E-state index in [1.165, 1.54) is 32.1 Å². The van der Waals surface area contributed by atoms with Gasteiger partial charge in [-0.2, -0.15) is 4.98 Å². The number of benzene rings is 1. The molecule has 2 N–H and O–H groups in total. The summed E-state index contributed by atoms with van der Waals surface area (Å²) >= 11 is 0. The molecule has 1 aliphatic carbocycles. The molecule has 1 fully saturated rings. The molecule has 1 aromatic carbocycles. The van der Waals surface area contributed by atoms with Crippen molar-refractivity contribution in [2.45, 2.75) is 52.0 Å². The molecule has 144 valence electrons. The van der Waals surface area contributed by atoms with Crippen LogP contribution < -0.4 is 15.2 Å². The topological polar surface area (TPSA) is 75.2 Å². The molecule has 0 unspecified atom stereocenters. The van der Waals surface area contributed by atoms with Crippen molar-refractivity contribution in [3.63, 3.8) is 0 Å². The average molecular weight is 381 g/mol. The number of nitrogen functional groups attached to an aromatic ring is 1. The van der Waals surface area contributed by atoms with E-state index >= 15 is 0 Å². The maximum absolute atomic E-state index is 5.91. The van der Waals surface area contributed by atoms with E-state index in [1.807, 2.05) is 23.7 Å². The highest BCUT2D eigenvalue weighted by Crippen LogP contribution is 2.39. The lowest BCUT2D eigenvalue weighted by molar-refractivity contribution is 0.319. The van der Waals surface area contributed by atoms with E-state index in [4.69, 9.17) is 15.2 Å². The summed E-state index contributed by atoms with van der Waals surface area (Å²) in [5.74, 6) is 3.21. The van der Waals surface area contributed by atoms with Gasteiger partial charge in [-0.05, 0) is 37.0 Å². The molecule has 0 radical (unpaired) electrons. The maximum Gasteiger partial charge on any atom is 0.240 e. The third-order valence-electron chi connectivity index (χ3n) is 5.04. The number of halogens is 1. The molecule has 7 heteroatoms. The van der Waals surface area contributed by atoms with Crippen molar-refractivity contribution in [2.24, 2.45) is 5.92 Å². The van der Waals surface area contributed by atoms with Gasteiger partial charge in [0.05, 0.1) is 14.2 Å². The Hall–Kier alpha value is -1.95. The predicted octanol–water partition coefficient (Wildman–Crippen LogP) is 4.25. The van der Waals surface area contributed by atoms with E-state index in [-0.39, 0.29) is 18.4 Å². The van der Waals surface area contributed by atoms with E-state index in [0.29, 0.717) is 5.82 Å². The Labute approximate surface area is 161 Å². The maximum atomic E-state index is 5.91. The first kappa shape index (κ1) is 20.4. The number of ether oxygens (including phenoxy) is 2. The fraction of sp³-hybridized carbons (Fsp3) is 0.579. The van der Waals surface area contributed by atoms with Crippen LogP contribution in [-0.2, 0) is 6.54 Å². The third kappa shape index (κ3) is 4.41. The van der Waals surface area contributed by atoms with Gasteiger partial charge in [-0.15, -0.1) is 17.5 Å². The zero-order chi connectivity index (χ0) is 17.8. The van der Waals surface area contributed by atoms with Crippen molar-refractivity contribution in [2.75, 3.05) is 20.0 Å². The van der Waals surface area contributed by atoms with Gasteiger partial charge in [0, 0.05) is 6.54 Å². The van der Waals surface area contributed by atoms with Crippen LogP contribution in [0.1, 0.15) is 44.1 Å². The van der Waals surface area contributed by atoms with Crippen LogP contribution in [0.25, 0.3) is 11.4 Å². The number of anilines is 1. The molecule has 3 rings (SSSR count). The van der Waals surface area contributed by atoms with Gasteiger partial charge in [-0.1, -0.05) is 32.1 Å². The standard InChI is InChI=1S/C19H28N4O2.ClH/c1-13-11-15(24-2)17(16(12-13)25-3)18-21-19(20)22-23(18)10-9-14-7-5-4-6-8-14;/h11-12,14H,4-10H2,1-3H3,(H2,20,22);1H. The molecule has 2 aromatic rings. The van der Waals surface area contributed by atoms with Crippen molar-refractivity contribution in [1.29, 1.82) is 0 Å². The molecule has 1 heterocycles. The minimum Gasteiger partial charge on any atom is -0.496 e. The summed E-state index contributed by atoms with van der Waals surface area (Å²) in [4.78, 5) is 4.46. The number of hydrogen-bond donors (Lipinski definition) is 1. The van der Waals surface area contributed by atoms with Gasteiger partial charge in [0.1, 0.15) is 17.1 Å². The van der Waals surface area contributed by atoms with E-state index in [9.17, 15) is 0 Å². The first-order valence-corrected chi connectivity index (χ1v) is 9.05. The molecule has 0 spiro atoms. The quantitative estimate of drug-likeness (QED) is 0.810. The molecule has 6 nitrogen and oxygen atoms in total. The van der Waals surface area contributed by atoms with Crippen molar-refractivity contribution in [3.05, 3.63) is 17.7 Å². The smallest absolute Gasteiger partial charge is 0.240 e. The molecule has 26 heavy (non-hydrogen) atoms. The van der Waals surface area contributed by atoms with Crippen molar-refractivity contribution < 1.29 is 9.47 Å². The molecule has 0 saturated heterocycles. The normalized spacial score (nSPS) is 14.7. The number of nitrogens with zero attached hydrogens (tertiary/aromatic N) is 3. The second kappa shape index (κ2) is 9.12. The molecule has 0 bridgehead atoms. The second-order valence-electron chi connectivity index (χ2n) is 6.85. The summed E-state index contributed by atoms with van der Waals surface area (Å²) in [6.07, 6.45) is 7.79. The monoisotopic (exact) mass is 380 g/mol. The Morgan fingerprint density at radius 2 is 1.73 bits per heavy atom. The largest absolute Gasteiger partial charge is 0.496 e. The highest BCUT2D eigenvalue weighted by atomic mass is 35.5. The lowest BCUT2D eigenvalue weighted by Gasteiger charge is -2.21.